The van der Waals surface area contributed by atoms with Gasteiger partial charge in [-0.1, -0.05) is 24.0 Å². The molecule has 1 rings (SSSR count). The smallest absolute Gasteiger partial charge is 0.218 e. The predicted octanol–water partition coefficient (Wildman–Crippen LogP) is 0.391. The second-order valence-electron chi connectivity index (χ2n) is 4.18. The molecule has 1 aliphatic rings. The van der Waals surface area contributed by atoms with Crippen LogP contribution in [-0.4, -0.2) is 53.9 Å². The van der Waals surface area contributed by atoms with Gasteiger partial charge in [-0.25, -0.2) is 8.42 Å². The molecule has 0 aromatic rings. The van der Waals surface area contributed by atoms with Crippen LogP contribution in [0.25, 0.3) is 0 Å². The summed E-state index contributed by atoms with van der Waals surface area (Å²) in [6.45, 7) is 1.94. The number of rotatable bonds is 6. The van der Waals surface area contributed by atoms with E-state index in [0.29, 0.717) is 5.75 Å². The predicted molar refractivity (Wildman–Crippen MR) is 78.3 cm³/mol. The second-order valence-corrected chi connectivity index (χ2v) is 8.21. The number of thioether (sulfide) groups is 1. The Morgan fingerprint density at radius 3 is 2.44 bits per heavy atom. The van der Waals surface area contributed by atoms with Gasteiger partial charge in [0, 0.05) is 25.3 Å². The van der Waals surface area contributed by atoms with Crippen LogP contribution in [0.1, 0.15) is 19.3 Å². The largest absolute Gasteiger partial charge is 0.370 e. The van der Waals surface area contributed by atoms with Crippen molar-refractivity contribution < 1.29 is 13.2 Å². The number of hydrogen-bond acceptors (Lipinski definition) is 5. The van der Waals surface area contributed by atoms with Crippen LogP contribution in [0.2, 0.25) is 0 Å². The maximum absolute atomic E-state index is 11.6. The van der Waals surface area contributed by atoms with E-state index < -0.39 is 15.7 Å². The number of amides is 1. The molecular formula is C10H18N2O3S3. The summed E-state index contributed by atoms with van der Waals surface area (Å²) in [7, 11) is -3.20. The molecule has 0 bridgehead atoms. The molecule has 5 nitrogen and oxygen atoms in total. The fourth-order valence-corrected chi connectivity index (χ4v) is 4.64. The minimum atomic E-state index is -3.20. The lowest BCUT2D eigenvalue weighted by atomic mass is 10.4. The van der Waals surface area contributed by atoms with E-state index in [0.717, 1.165) is 30.3 Å². The third-order valence-electron chi connectivity index (χ3n) is 2.64. The van der Waals surface area contributed by atoms with E-state index in [1.54, 1.807) is 0 Å². The molecule has 8 heteroatoms. The van der Waals surface area contributed by atoms with Crippen molar-refractivity contribution in [2.45, 2.75) is 19.3 Å². The Balaban J connectivity index is 2.23. The number of likely N-dealkylation sites (tertiary alicyclic amines) is 1. The zero-order valence-corrected chi connectivity index (χ0v) is 12.6. The summed E-state index contributed by atoms with van der Waals surface area (Å²) in [5.74, 6) is -0.270. The van der Waals surface area contributed by atoms with Gasteiger partial charge in [-0.15, -0.1) is 0 Å². The van der Waals surface area contributed by atoms with Gasteiger partial charge in [0.25, 0.3) is 0 Å². The standard InChI is InChI=1S/C10H18N2O3S3/c11-9(13)3-7-18(14,15)8-6-17-10(16)12-4-1-2-5-12/h1-8H2,(H2,11,13). The molecule has 1 fully saturated rings. The first-order valence-electron chi connectivity index (χ1n) is 5.81. The first-order valence-corrected chi connectivity index (χ1v) is 9.03. The molecule has 0 unspecified atom stereocenters. The highest BCUT2D eigenvalue weighted by atomic mass is 32.2. The van der Waals surface area contributed by atoms with Crippen molar-refractivity contribution in [1.29, 1.82) is 0 Å². The van der Waals surface area contributed by atoms with E-state index in [-0.39, 0.29) is 17.9 Å². The molecule has 0 aliphatic carbocycles. The van der Waals surface area contributed by atoms with Crippen LogP contribution in [0.4, 0.5) is 0 Å². The minimum absolute atomic E-state index is 0.0406. The van der Waals surface area contributed by atoms with Crippen LogP contribution in [0.3, 0.4) is 0 Å². The third-order valence-corrected chi connectivity index (χ3v) is 6.08. The molecule has 18 heavy (non-hydrogen) atoms. The maximum atomic E-state index is 11.6. The van der Waals surface area contributed by atoms with Gasteiger partial charge in [-0.05, 0) is 12.8 Å². The quantitative estimate of drug-likeness (QED) is 0.715. The molecule has 0 saturated carbocycles. The van der Waals surface area contributed by atoms with Crippen molar-refractivity contribution in [2.75, 3.05) is 30.3 Å². The molecule has 104 valence electrons. The summed E-state index contributed by atoms with van der Waals surface area (Å²) in [6.07, 6.45) is 2.19. The summed E-state index contributed by atoms with van der Waals surface area (Å²) in [6, 6.07) is 0. The molecule has 0 radical (unpaired) electrons. The lowest BCUT2D eigenvalue weighted by Crippen LogP contribution is -2.25. The van der Waals surface area contributed by atoms with E-state index in [9.17, 15) is 13.2 Å². The molecule has 1 saturated heterocycles. The molecule has 0 aromatic heterocycles. The number of carbonyl (C=O) groups excluding carboxylic acids is 1. The van der Waals surface area contributed by atoms with Crippen molar-refractivity contribution in [3.63, 3.8) is 0 Å². The van der Waals surface area contributed by atoms with Crippen LogP contribution >= 0.6 is 24.0 Å². The van der Waals surface area contributed by atoms with Gasteiger partial charge in [0.1, 0.15) is 4.32 Å². The summed E-state index contributed by atoms with van der Waals surface area (Å²) in [5.41, 5.74) is 4.92. The van der Waals surface area contributed by atoms with Crippen molar-refractivity contribution in [3.05, 3.63) is 0 Å². The zero-order valence-electron chi connectivity index (χ0n) is 10.1. The Hall–Kier alpha value is -0.340. The van der Waals surface area contributed by atoms with E-state index in [4.69, 9.17) is 18.0 Å². The summed E-state index contributed by atoms with van der Waals surface area (Å²) >= 11 is 6.63. The summed E-state index contributed by atoms with van der Waals surface area (Å²) < 4.78 is 23.9. The Labute approximate surface area is 117 Å². The van der Waals surface area contributed by atoms with Crippen LogP contribution < -0.4 is 5.73 Å². The fourth-order valence-electron chi connectivity index (χ4n) is 1.61. The Kier molecular flexibility index (Phi) is 6.37. The number of carbonyl (C=O) groups is 1. The molecule has 1 heterocycles. The number of nitrogens with two attached hydrogens (primary N) is 1. The zero-order chi connectivity index (χ0) is 13.6. The number of hydrogen-bond donors (Lipinski definition) is 1. The fraction of sp³-hybridized carbons (Fsp3) is 0.800. The Morgan fingerprint density at radius 2 is 1.89 bits per heavy atom. The molecule has 0 aromatic carbocycles. The number of primary amides is 1. The number of thiocarbonyl (C=S) groups is 1. The molecule has 2 N–H and O–H groups in total. The average molecular weight is 310 g/mol. The minimum Gasteiger partial charge on any atom is -0.370 e. The van der Waals surface area contributed by atoms with E-state index in [2.05, 4.69) is 4.90 Å². The monoisotopic (exact) mass is 310 g/mol. The van der Waals surface area contributed by atoms with E-state index in [1.807, 2.05) is 0 Å². The Bertz CT molecular complexity index is 403. The van der Waals surface area contributed by atoms with Gasteiger partial charge in [0.05, 0.1) is 11.5 Å². The normalized spacial score (nSPS) is 15.9. The van der Waals surface area contributed by atoms with Crippen LogP contribution in [0.5, 0.6) is 0 Å². The maximum Gasteiger partial charge on any atom is 0.218 e. The first kappa shape index (κ1) is 15.7. The first-order chi connectivity index (χ1) is 8.41. The molecular weight excluding hydrogens is 292 g/mol. The second kappa shape index (κ2) is 7.30. The molecule has 0 spiro atoms. The van der Waals surface area contributed by atoms with Crippen molar-refractivity contribution >= 4 is 44.0 Å². The SMILES string of the molecule is NC(=O)CCS(=O)(=O)CCSC(=S)N1CCCC1. The number of nitrogens with zero attached hydrogens (tertiary/aromatic N) is 1. The van der Waals surface area contributed by atoms with Crippen molar-refractivity contribution in [2.24, 2.45) is 5.73 Å². The van der Waals surface area contributed by atoms with Gasteiger partial charge in [0.15, 0.2) is 9.84 Å². The van der Waals surface area contributed by atoms with Crippen molar-refractivity contribution in [3.8, 4) is 0 Å². The van der Waals surface area contributed by atoms with Gasteiger partial charge < -0.3 is 10.6 Å². The van der Waals surface area contributed by atoms with Gasteiger partial charge in [0.2, 0.25) is 5.91 Å². The Morgan fingerprint density at radius 1 is 1.28 bits per heavy atom. The molecule has 1 amide bonds. The third kappa shape index (κ3) is 6.01. The topological polar surface area (TPSA) is 80.5 Å². The van der Waals surface area contributed by atoms with E-state index >= 15 is 0 Å². The molecule has 1 aliphatic heterocycles. The summed E-state index contributed by atoms with van der Waals surface area (Å²) in [5, 5.41) is 0. The highest BCUT2D eigenvalue weighted by Gasteiger charge is 2.17. The highest BCUT2D eigenvalue weighted by molar-refractivity contribution is 8.23. The highest BCUT2D eigenvalue weighted by Crippen LogP contribution is 2.16. The van der Waals surface area contributed by atoms with Crippen LogP contribution in [-0.2, 0) is 14.6 Å². The summed E-state index contributed by atoms with van der Waals surface area (Å²) in [4.78, 5) is 12.6. The van der Waals surface area contributed by atoms with E-state index in [1.165, 1.54) is 11.8 Å². The molecule has 0 atom stereocenters. The lowest BCUT2D eigenvalue weighted by molar-refractivity contribution is -0.117. The van der Waals surface area contributed by atoms with Crippen LogP contribution in [0.15, 0.2) is 0 Å². The average Bonchev–Trinajstić information content (AvgIpc) is 2.79. The van der Waals surface area contributed by atoms with Gasteiger partial charge in [-0.3, -0.25) is 4.79 Å². The van der Waals surface area contributed by atoms with Crippen LogP contribution in [0, 0.1) is 0 Å². The van der Waals surface area contributed by atoms with Gasteiger partial charge in [-0.2, -0.15) is 0 Å². The van der Waals surface area contributed by atoms with Crippen molar-refractivity contribution in [1.82, 2.24) is 4.90 Å². The lowest BCUT2D eigenvalue weighted by Gasteiger charge is -2.17. The van der Waals surface area contributed by atoms with Gasteiger partial charge >= 0.3 is 0 Å². The number of sulfone groups is 1.